The second kappa shape index (κ2) is 5.24. The van der Waals surface area contributed by atoms with Crippen LogP contribution in [-0.2, 0) is 9.53 Å². The minimum Gasteiger partial charge on any atom is -0.480 e. The average Bonchev–Trinajstić information content (AvgIpc) is 2.69. The Labute approximate surface area is 119 Å². The molecule has 20 heavy (non-hydrogen) atoms. The summed E-state index contributed by atoms with van der Waals surface area (Å²) in [5.74, 6) is -0.937. The van der Waals surface area contributed by atoms with Gasteiger partial charge in [-0.25, -0.2) is 9.59 Å². The highest BCUT2D eigenvalue weighted by Gasteiger charge is 2.46. The molecule has 6 heteroatoms. The van der Waals surface area contributed by atoms with Crippen molar-refractivity contribution in [2.24, 2.45) is 0 Å². The SMILES string of the molecule is CC1OCCC1(C)NC(=O)N1CCCCC1(C)C(=O)O. The van der Waals surface area contributed by atoms with Gasteiger partial charge in [-0.3, -0.25) is 0 Å². The number of hydrogen-bond donors (Lipinski definition) is 2. The quantitative estimate of drug-likeness (QED) is 0.807. The van der Waals surface area contributed by atoms with Crippen molar-refractivity contribution in [3.8, 4) is 0 Å². The zero-order chi connectivity index (χ0) is 15.0. The summed E-state index contributed by atoms with van der Waals surface area (Å²) in [6.45, 7) is 6.61. The lowest BCUT2D eigenvalue weighted by Crippen LogP contribution is -2.63. The topological polar surface area (TPSA) is 78.9 Å². The zero-order valence-electron chi connectivity index (χ0n) is 12.4. The molecule has 2 fully saturated rings. The largest absolute Gasteiger partial charge is 0.480 e. The van der Waals surface area contributed by atoms with Crippen molar-refractivity contribution >= 4 is 12.0 Å². The molecule has 2 saturated heterocycles. The van der Waals surface area contributed by atoms with Gasteiger partial charge in [-0.1, -0.05) is 0 Å². The van der Waals surface area contributed by atoms with Gasteiger partial charge in [0.15, 0.2) is 0 Å². The first-order chi connectivity index (χ1) is 9.29. The summed E-state index contributed by atoms with van der Waals surface area (Å²) in [4.78, 5) is 25.5. The van der Waals surface area contributed by atoms with Crippen molar-refractivity contribution in [2.75, 3.05) is 13.2 Å². The van der Waals surface area contributed by atoms with Gasteiger partial charge in [0.25, 0.3) is 0 Å². The highest BCUT2D eigenvalue weighted by atomic mass is 16.5. The number of piperidine rings is 1. The van der Waals surface area contributed by atoms with E-state index in [0.717, 1.165) is 19.3 Å². The van der Waals surface area contributed by atoms with Gasteiger partial charge in [0.2, 0.25) is 0 Å². The van der Waals surface area contributed by atoms with Crippen LogP contribution in [0.4, 0.5) is 4.79 Å². The van der Waals surface area contributed by atoms with Crippen molar-refractivity contribution in [1.82, 2.24) is 10.2 Å². The van der Waals surface area contributed by atoms with Gasteiger partial charge in [-0.05, 0) is 46.5 Å². The number of hydrogen-bond acceptors (Lipinski definition) is 3. The molecule has 2 aliphatic rings. The molecule has 2 aliphatic heterocycles. The van der Waals surface area contributed by atoms with Crippen LogP contribution < -0.4 is 5.32 Å². The first kappa shape index (κ1) is 15.1. The highest BCUT2D eigenvalue weighted by Crippen LogP contribution is 2.30. The van der Waals surface area contributed by atoms with Crippen molar-refractivity contribution in [2.45, 2.75) is 63.6 Å². The van der Waals surface area contributed by atoms with Crippen LogP contribution in [0.1, 0.15) is 46.5 Å². The minimum atomic E-state index is -1.11. The number of rotatable bonds is 2. The van der Waals surface area contributed by atoms with Crippen molar-refractivity contribution in [1.29, 1.82) is 0 Å². The van der Waals surface area contributed by atoms with Crippen LogP contribution in [0.15, 0.2) is 0 Å². The third-order valence-electron chi connectivity index (χ3n) is 4.88. The van der Waals surface area contributed by atoms with Crippen LogP contribution in [-0.4, -0.2) is 52.3 Å². The fourth-order valence-electron chi connectivity index (χ4n) is 2.98. The van der Waals surface area contributed by atoms with E-state index in [9.17, 15) is 14.7 Å². The molecule has 0 aromatic heterocycles. The van der Waals surface area contributed by atoms with Crippen molar-refractivity contribution < 1.29 is 19.4 Å². The van der Waals surface area contributed by atoms with E-state index in [1.165, 1.54) is 4.90 Å². The summed E-state index contributed by atoms with van der Waals surface area (Å²) >= 11 is 0. The Morgan fingerprint density at radius 2 is 2.00 bits per heavy atom. The normalized spacial score (nSPS) is 37.8. The maximum Gasteiger partial charge on any atom is 0.329 e. The van der Waals surface area contributed by atoms with Gasteiger partial charge >= 0.3 is 12.0 Å². The van der Waals surface area contributed by atoms with E-state index in [-0.39, 0.29) is 12.1 Å². The molecule has 2 N–H and O–H groups in total. The predicted octanol–water partition coefficient (Wildman–Crippen LogP) is 1.59. The number of carboxylic acids is 1. The second-order valence-corrected chi connectivity index (χ2v) is 6.30. The fourth-order valence-corrected chi connectivity index (χ4v) is 2.98. The number of carboxylic acid groups (broad SMARTS) is 1. The number of nitrogens with one attached hydrogen (secondary N) is 1. The fraction of sp³-hybridized carbons (Fsp3) is 0.857. The number of likely N-dealkylation sites (tertiary alicyclic amines) is 1. The molecule has 0 aromatic carbocycles. The first-order valence-corrected chi connectivity index (χ1v) is 7.24. The van der Waals surface area contributed by atoms with E-state index < -0.39 is 17.0 Å². The van der Waals surface area contributed by atoms with E-state index in [1.54, 1.807) is 6.92 Å². The molecule has 2 rings (SSSR count). The number of ether oxygens (including phenoxy) is 1. The van der Waals surface area contributed by atoms with E-state index in [4.69, 9.17) is 4.74 Å². The van der Waals surface area contributed by atoms with Crippen LogP contribution in [0.5, 0.6) is 0 Å². The summed E-state index contributed by atoms with van der Waals surface area (Å²) in [6, 6.07) is -0.297. The molecule has 6 nitrogen and oxygen atoms in total. The number of carbonyl (C=O) groups is 2. The lowest BCUT2D eigenvalue weighted by Gasteiger charge is -2.43. The Balaban J connectivity index is 2.13. The zero-order valence-corrected chi connectivity index (χ0v) is 12.4. The van der Waals surface area contributed by atoms with Gasteiger partial charge in [-0.2, -0.15) is 0 Å². The van der Waals surface area contributed by atoms with Crippen LogP contribution in [0.2, 0.25) is 0 Å². The predicted molar refractivity (Wildman–Crippen MR) is 73.6 cm³/mol. The summed E-state index contributed by atoms with van der Waals surface area (Å²) < 4.78 is 5.51. The van der Waals surface area contributed by atoms with E-state index in [1.807, 2.05) is 13.8 Å². The molecule has 0 spiro atoms. The molecular formula is C14H24N2O4. The Kier molecular flexibility index (Phi) is 3.95. The number of amides is 2. The maximum absolute atomic E-state index is 12.5. The number of carbonyl (C=O) groups excluding carboxylic acids is 1. The first-order valence-electron chi connectivity index (χ1n) is 7.24. The Bertz CT molecular complexity index is 414. The van der Waals surface area contributed by atoms with Gasteiger partial charge in [-0.15, -0.1) is 0 Å². The van der Waals surface area contributed by atoms with Gasteiger partial charge in [0, 0.05) is 13.2 Å². The van der Waals surface area contributed by atoms with Crippen LogP contribution in [0.25, 0.3) is 0 Å². The molecular weight excluding hydrogens is 260 g/mol. The van der Waals surface area contributed by atoms with Crippen LogP contribution in [0, 0.1) is 0 Å². The Morgan fingerprint density at radius 1 is 1.30 bits per heavy atom. The molecule has 0 saturated carbocycles. The van der Waals surface area contributed by atoms with Crippen LogP contribution in [0.3, 0.4) is 0 Å². The summed E-state index contributed by atoms with van der Waals surface area (Å²) in [6.07, 6.45) is 2.87. The van der Waals surface area contributed by atoms with Gasteiger partial charge in [0.1, 0.15) is 5.54 Å². The van der Waals surface area contributed by atoms with E-state index in [2.05, 4.69) is 5.32 Å². The molecule has 0 radical (unpaired) electrons. The lowest BCUT2D eigenvalue weighted by molar-refractivity contribution is -0.150. The molecule has 0 aromatic rings. The monoisotopic (exact) mass is 284 g/mol. The summed E-state index contributed by atoms with van der Waals surface area (Å²) in [7, 11) is 0. The third kappa shape index (κ3) is 2.49. The number of aliphatic carboxylic acids is 1. The molecule has 2 heterocycles. The maximum atomic E-state index is 12.5. The molecule has 0 bridgehead atoms. The summed E-state index contributed by atoms with van der Waals surface area (Å²) in [5, 5.41) is 12.4. The smallest absolute Gasteiger partial charge is 0.329 e. The molecule has 3 unspecified atom stereocenters. The van der Waals surface area contributed by atoms with Crippen molar-refractivity contribution in [3.05, 3.63) is 0 Å². The van der Waals surface area contributed by atoms with E-state index in [0.29, 0.717) is 19.6 Å². The lowest BCUT2D eigenvalue weighted by atomic mass is 9.88. The van der Waals surface area contributed by atoms with Crippen molar-refractivity contribution in [3.63, 3.8) is 0 Å². The second-order valence-electron chi connectivity index (χ2n) is 6.30. The average molecular weight is 284 g/mol. The minimum absolute atomic E-state index is 0.0627. The molecule has 114 valence electrons. The summed E-state index contributed by atoms with van der Waals surface area (Å²) in [5.41, 5.74) is -1.53. The van der Waals surface area contributed by atoms with Crippen LogP contribution >= 0.6 is 0 Å². The third-order valence-corrected chi connectivity index (χ3v) is 4.88. The highest BCUT2D eigenvalue weighted by molar-refractivity contribution is 5.86. The Hall–Kier alpha value is -1.30. The number of urea groups is 1. The standard InChI is InChI=1S/C14H24N2O4/c1-10-13(2,7-9-20-10)15-12(19)16-8-5-4-6-14(16,3)11(17)18/h10H,4-9H2,1-3H3,(H,15,19)(H,17,18). The molecule has 0 aliphatic carbocycles. The molecule has 2 amide bonds. The van der Waals surface area contributed by atoms with Gasteiger partial charge in [0.05, 0.1) is 11.6 Å². The van der Waals surface area contributed by atoms with E-state index >= 15 is 0 Å². The number of nitrogens with zero attached hydrogens (tertiary/aromatic N) is 1. The Morgan fingerprint density at radius 3 is 2.55 bits per heavy atom. The molecule has 3 atom stereocenters. The van der Waals surface area contributed by atoms with Gasteiger partial charge < -0.3 is 20.1 Å².